The van der Waals surface area contributed by atoms with Crippen molar-refractivity contribution >= 4 is 34.8 Å². The molecule has 1 heterocycles. The molecular formula is C22H20N2O4. The van der Waals surface area contributed by atoms with Crippen LogP contribution >= 0.6 is 0 Å². The number of carbonyl (C=O) groups excluding carboxylic acids is 2. The molecule has 1 N–H and O–H groups in total. The number of hydrogen-bond acceptors (Lipinski definition) is 6. The van der Waals surface area contributed by atoms with E-state index in [1.165, 1.54) is 0 Å². The minimum absolute atomic E-state index is 0.0967. The highest BCUT2D eigenvalue weighted by molar-refractivity contribution is 6.22. The van der Waals surface area contributed by atoms with Crippen molar-refractivity contribution < 1.29 is 19.4 Å². The summed E-state index contributed by atoms with van der Waals surface area (Å²) in [5.74, 6) is -0.158. The van der Waals surface area contributed by atoms with Gasteiger partial charge in [-0.3, -0.25) is 14.6 Å². The lowest BCUT2D eigenvalue weighted by molar-refractivity contribution is -0.124. The Hall–Kier alpha value is -3.41. The Morgan fingerprint density at radius 3 is 2.43 bits per heavy atom. The van der Waals surface area contributed by atoms with Gasteiger partial charge in [-0.1, -0.05) is 12.1 Å². The van der Waals surface area contributed by atoms with Gasteiger partial charge in [0.2, 0.25) is 0 Å². The van der Waals surface area contributed by atoms with Crippen molar-refractivity contribution in [1.29, 1.82) is 0 Å². The zero-order chi connectivity index (χ0) is 19.7. The second-order valence-electron chi connectivity index (χ2n) is 6.74. The number of aliphatic imine (C=N–C) groups is 1. The number of fused-ring (bicyclic) bond motifs is 1. The van der Waals surface area contributed by atoms with Crippen LogP contribution in [0.1, 0.15) is 19.3 Å². The van der Waals surface area contributed by atoms with E-state index in [1.807, 2.05) is 53.4 Å². The average Bonchev–Trinajstić information content (AvgIpc) is 2.72. The first-order valence-corrected chi connectivity index (χ1v) is 9.16. The van der Waals surface area contributed by atoms with E-state index in [4.69, 9.17) is 4.74 Å². The number of ether oxygens (including phenoxy) is 1. The van der Waals surface area contributed by atoms with E-state index in [2.05, 4.69) is 4.99 Å². The van der Waals surface area contributed by atoms with E-state index >= 15 is 0 Å². The maximum Gasteiger partial charge on any atom is 0.169 e. The Morgan fingerprint density at radius 2 is 1.75 bits per heavy atom. The molecule has 1 fully saturated rings. The number of allylic oxidation sites excluding steroid dienone is 1. The topological polar surface area (TPSA) is 79.2 Å². The van der Waals surface area contributed by atoms with E-state index in [0.29, 0.717) is 12.2 Å². The number of nitrogens with zero attached hydrogens (tertiary/aromatic N) is 2. The fraction of sp³-hybridized carbons (Fsp3) is 0.227. The normalized spacial score (nSPS) is 18.8. The predicted octanol–water partition coefficient (Wildman–Crippen LogP) is 4.05. The molecule has 1 aliphatic carbocycles. The van der Waals surface area contributed by atoms with Gasteiger partial charge < -0.3 is 14.7 Å². The summed E-state index contributed by atoms with van der Waals surface area (Å²) in [5.41, 5.74) is 2.21. The molecule has 0 spiro atoms. The fourth-order valence-electron chi connectivity index (χ4n) is 3.63. The van der Waals surface area contributed by atoms with E-state index in [9.17, 15) is 14.7 Å². The van der Waals surface area contributed by atoms with Gasteiger partial charge in [0, 0.05) is 24.7 Å². The molecule has 1 atom stereocenters. The van der Waals surface area contributed by atoms with Crippen molar-refractivity contribution in [1.82, 2.24) is 0 Å². The first kappa shape index (κ1) is 18.0. The quantitative estimate of drug-likeness (QED) is 0.497. The third-order valence-electron chi connectivity index (χ3n) is 5.03. The summed E-state index contributed by atoms with van der Waals surface area (Å²) in [4.78, 5) is 31.0. The van der Waals surface area contributed by atoms with Gasteiger partial charge in [-0.25, -0.2) is 0 Å². The van der Waals surface area contributed by atoms with Crippen LogP contribution in [-0.2, 0) is 9.59 Å². The van der Waals surface area contributed by atoms with Gasteiger partial charge in [-0.15, -0.1) is 0 Å². The number of ketones is 2. The average molecular weight is 376 g/mol. The third kappa shape index (κ3) is 3.07. The van der Waals surface area contributed by atoms with E-state index in [1.54, 1.807) is 13.3 Å². The largest absolute Gasteiger partial charge is 0.509 e. The standard InChI is InChI=1S/C22H20N2O4/c1-28-15-11-9-14(10-12-15)24-17-6-3-2-5-16(17)23-13-18(24)22(27)21-19(25)7-4-8-20(21)26/h2-3,5-6,9-13,18,27H,4,7-8H2,1H3. The summed E-state index contributed by atoms with van der Waals surface area (Å²) in [5, 5.41) is 11.0. The van der Waals surface area contributed by atoms with Crippen LogP contribution in [0.2, 0.25) is 0 Å². The van der Waals surface area contributed by atoms with Crippen LogP contribution in [-0.4, -0.2) is 36.0 Å². The van der Waals surface area contributed by atoms with Crippen LogP contribution in [0.25, 0.3) is 0 Å². The first-order chi connectivity index (χ1) is 13.6. The molecule has 0 aromatic heterocycles. The second-order valence-corrected chi connectivity index (χ2v) is 6.74. The molecule has 0 radical (unpaired) electrons. The number of benzene rings is 2. The fourth-order valence-corrected chi connectivity index (χ4v) is 3.63. The van der Waals surface area contributed by atoms with Crippen LogP contribution in [0.4, 0.5) is 17.1 Å². The van der Waals surface area contributed by atoms with Crippen molar-refractivity contribution in [2.45, 2.75) is 25.3 Å². The summed E-state index contributed by atoms with van der Waals surface area (Å²) < 4.78 is 5.23. The van der Waals surface area contributed by atoms with Crippen molar-refractivity contribution in [2.75, 3.05) is 12.0 Å². The monoisotopic (exact) mass is 376 g/mol. The van der Waals surface area contributed by atoms with Gasteiger partial charge >= 0.3 is 0 Å². The molecule has 6 nitrogen and oxygen atoms in total. The molecule has 2 aromatic rings. The Balaban J connectivity index is 1.85. The Kier molecular flexibility index (Phi) is 4.69. The minimum atomic E-state index is -0.746. The molecule has 1 saturated carbocycles. The molecule has 142 valence electrons. The molecule has 28 heavy (non-hydrogen) atoms. The van der Waals surface area contributed by atoms with E-state index < -0.39 is 6.04 Å². The maximum atomic E-state index is 12.3. The molecule has 4 rings (SSSR count). The van der Waals surface area contributed by atoms with E-state index in [-0.39, 0.29) is 35.7 Å². The highest BCUT2D eigenvalue weighted by atomic mass is 16.5. The molecule has 2 aromatic carbocycles. The highest BCUT2D eigenvalue weighted by Gasteiger charge is 2.35. The number of hydrogen-bond donors (Lipinski definition) is 1. The van der Waals surface area contributed by atoms with Crippen LogP contribution < -0.4 is 9.64 Å². The van der Waals surface area contributed by atoms with Crippen molar-refractivity contribution in [2.24, 2.45) is 4.99 Å². The van der Waals surface area contributed by atoms with Gasteiger partial charge in [-0.2, -0.15) is 0 Å². The molecule has 0 amide bonds. The van der Waals surface area contributed by atoms with Crippen LogP contribution in [0.15, 0.2) is 64.9 Å². The van der Waals surface area contributed by atoms with Crippen LogP contribution in [0, 0.1) is 0 Å². The van der Waals surface area contributed by atoms with Gasteiger partial charge in [0.1, 0.15) is 23.1 Å². The van der Waals surface area contributed by atoms with Crippen molar-refractivity contribution in [3.8, 4) is 5.75 Å². The zero-order valence-corrected chi connectivity index (χ0v) is 15.5. The Morgan fingerprint density at radius 1 is 1.07 bits per heavy atom. The van der Waals surface area contributed by atoms with Crippen LogP contribution in [0.5, 0.6) is 5.75 Å². The summed E-state index contributed by atoms with van der Waals surface area (Å²) in [6.45, 7) is 0. The lowest BCUT2D eigenvalue weighted by Crippen LogP contribution is -2.38. The molecule has 6 heteroatoms. The lowest BCUT2D eigenvalue weighted by atomic mass is 9.89. The summed E-state index contributed by atoms with van der Waals surface area (Å²) >= 11 is 0. The second kappa shape index (κ2) is 7.31. The first-order valence-electron chi connectivity index (χ1n) is 9.16. The molecular weight excluding hydrogens is 356 g/mol. The summed E-state index contributed by atoms with van der Waals surface area (Å²) in [6, 6.07) is 14.2. The highest BCUT2D eigenvalue weighted by Crippen LogP contribution is 2.40. The molecule has 0 saturated heterocycles. The predicted molar refractivity (Wildman–Crippen MR) is 107 cm³/mol. The molecule has 1 unspecified atom stereocenters. The SMILES string of the molecule is COc1ccc(N2c3ccccc3N=CC2C(O)=C2C(=O)CCCC2=O)cc1. The summed E-state index contributed by atoms with van der Waals surface area (Å²) in [7, 11) is 1.59. The number of anilines is 2. The van der Waals surface area contributed by atoms with Crippen LogP contribution in [0.3, 0.4) is 0 Å². The van der Waals surface area contributed by atoms with Gasteiger partial charge in [0.15, 0.2) is 11.6 Å². The molecule has 2 aliphatic rings. The smallest absolute Gasteiger partial charge is 0.169 e. The van der Waals surface area contributed by atoms with Crippen molar-refractivity contribution in [3.05, 3.63) is 59.9 Å². The number of methoxy groups -OCH3 is 1. The Labute approximate surface area is 162 Å². The van der Waals surface area contributed by atoms with E-state index in [0.717, 1.165) is 17.1 Å². The lowest BCUT2D eigenvalue weighted by Gasteiger charge is -2.35. The molecule has 0 bridgehead atoms. The Bertz CT molecular complexity index is 974. The maximum absolute atomic E-state index is 12.3. The zero-order valence-electron chi connectivity index (χ0n) is 15.5. The number of aliphatic hydroxyl groups is 1. The number of carbonyl (C=O) groups is 2. The van der Waals surface area contributed by atoms with Gasteiger partial charge in [-0.05, 0) is 42.8 Å². The third-order valence-corrected chi connectivity index (χ3v) is 5.03. The molecule has 1 aliphatic heterocycles. The number of para-hydroxylation sites is 2. The van der Waals surface area contributed by atoms with Gasteiger partial charge in [0.05, 0.1) is 18.5 Å². The number of Topliss-reactive ketones (excluding diaryl/α,β-unsaturated/α-hetero) is 2. The number of rotatable bonds is 3. The van der Waals surface area contributed by atoms with Crippen molar-refractivity contribution in [3.63, 3.8) is 0 Å². The minimum Gasteiger partial charge on any atom is -0.509 e. The van der Waals surface area contributed by atoms with Gasteiger partial charge in [0.25, 0.3) is 0 Å². The summed E-state index contributed by atoms with van der Waals surface area (Å²) in [6.07, 6.45) is 2.64. The number of aliphatic hydroxyl groups excluding tert-OH is 1.